The number of piperidine rings is 1. The van der Waals surface area contributed by atoms with E-state index in [4.69, 9.17) is 11.6 Å². The third kappa shape index (κ3) is 4.31. The summed E-state index contributed by atoms with van der Waals surface area (Å²) < 4.78 is 27.5. The van der Waals surface area contributed by atoms with Gasteiger partial charge in [-0.05, 0) is 55.5 Å². The summed E-state index contributed by atoms with van der Waals surface area (Å²) in [4.78, 5) is 16.6. The number of amides is 1. The second kappa shape index (κ2) is 7.96. The molecule has 1 saturated heterocycles. The number of halogens is 1. The van der Waals surface area contributed by atoms with E-state index in [1.54, 1.807) is 18.5 Å². The Hall–Kier alpha value is -1.96. The van der Waals surface area contributed by atoms with E-state index in [0.717, 1.165) is 18.4 Å². The van der Waals surface area contributed by atoms with Crippen molar-refractivity contribution in [2.24, 2.45) is 5.92 Å². The van der Waals surface area contributed by atoms with Crippen molar-refractivity contribution < 1.29 is 13.2 Å². The molecular weight excluding hydrogens is 386 g/mol. The van der Waals surface area contributed by atoms with E-state index < -0.39 is 15.9 Å². The monoisotopic (exact) mass is 407 g/mol. The van der Waals surface area contributed by atoms with Crippen LogP contribution in [-0.2, 0) is 10.0 Å². The van der Waals surface area contributed by atoms with E-state index in [0.29, 0.717) is 24.7 Å². The maximum absolute atomic E-state index is 13.0. The summed E-state index contributed by atoms with van der Waals surface area (Å²) in [5.74, 6) is -0.112. The highest BCUT2D eigenvalue weighted by Gasteiger charge is 2.31. The van der Waals surface area contributed by atoms with Crippen molar-refractivity contribution in [3.8, 4) is 0 Å². The number of rotatable bonds is 4. The fourth-order valence-corrected chi connectivity index (χ4v) is 5.23. The topological polar surface area (TPSA) is 79.4 Å². The third-order valence-electron chi connectivity index (χ3n) is 4.72. The first-order valence-corrected chi connectivity index (χ1v) is 10.6. The molecule has 1 atom stereocenters. The molecule has 1 aromatic carbocycles. The van der Waals surface area contributed by atoms with E-state index in [9.17, 15) is 13.2 Å². The zero-order valence-corrected chi connectivity index (χ0v) is 16.8. The van der Waals surface area contributed by atoms with E-state index in [2.05, 4.69) is 10.3 Å². The summed E-state index contributed by atoms with van der Waals surface area (Å²) in [5, 5.41) is 2.87. The maximum Gasteiger partial charge on any atom is 0.255 e. The number of carbonyl (C=O) groups excluding carboxylic acids is 1. The predicted octanol–water partition coefficient (Wildman–Crippen LogP) is 3.72. The van der Waals surface area contributed by atoms with Crippen LogP contribution in [0.15, 0.2) is 41.6 Å². The Labute approximate surface area is 164 Å². The number of benzene rings is 1. The maximum atomic E-state index is 13.0. The standard InChI is InChI=1S/C19H22ClN3O3S/c1-13-4-3-9-23(12-13)27(25,26)18-10-15(5-6-16(18)20)19(24)22-17-11-21-8-7-14(17)2/h5-8,10-11,13H,3-4,9,12H2,1-2H3,(H,22,24). The van der Waals surface area contributed by atoms with Crippen LogP contribution in [0.5, 0.6) is 0 Å². The van der Waals surface area contributed by atoms with Gasteiger partial charge >= 0.3 is 0 Å². The number of nitrogens with zero attached hydrogens (tertiary/aromatic N) is 2. The zero-order chi connectivity index (χ0) is 19.6. The van der Waals surface area contributed by atoms with Crippen LogP contribution in [-0.4, -0.2) is 36.7 Å². The molecule has 1 unspecified atom stereocenters. The fourth-order valence-electron chi connectivity index (χ4n) is 3.14. The fraction of sp³-hybridized carbons (Fsp3) is 0.368. The SMILES string of the molecule is Cc1ccncc1NC(=O)c1ccc(Cl)c(S(=O)(=O)N2CCCC(C)C2)c1. The summed E-state index contributed by atoms with van der Waals surface area (Å²) >= 11 is 6.18. The minimum absolute atomic E-state index is 0.0335. The van der Waals surface area contributed by atoms with Gasteiger partial charge in [-0.25, -0.2) is 8.42 Å². The minimum atomic E-state index is -3.75. The molecule has 1 aliphatic rings. The molecule has 27 heavy (non-hydrogen) atoms. The van der Waals surface area contributed by atoms with Gasteiger partial charge in [0.15, 0.2) is 0 Å². The molecule has 1 fully saturated rings. The van der Waals surface area contributed by atoms with Crippen molar-refractivity contribution in [3.05, 3.63) is 52.8 Å². The number of carbonyl (C=O) groups is 1. The second-order valence-electron chi connectivity index (χ2n) is 6.90. The van der Waals surface area contributed by atoms with E-state index >= 15 is 0 Å². The van der Waals surface area contributed by atoms with Crippen LogP contribution in [0.3, 0.4) is 0 Å². The molecule has 6 nitrogen and oxygen atoms in total. The van der Waals surface area contributed by atoms with Crippen LogP contribution in [0.25, 0.3) is 0 Å². The van der Waals surface area contributed by atoms with Crippen LogP contribution in [0.2, 0.25) is 5.02 Å². The Morgan fingerprint density at radius 1 is 1.33 bits per heavy atom. The largest absolute Gasteiger partial charge is 0.320 e. The lowest BCUT2D eigenvalue weighted by atomic mass is 10.0. The first-order chi connectivity index (χ1) is 12.8. The quantitative estimate of drug-likeness (QED) is 0.837. The summed E-state index contributed by atoms with van der Waals surface area (Å²) in [6, 6.07) is 6.09. The second-order valence-corrected chi connectivity index (χ2v) is 9.21. The smallest absolute Gasteiger partial charge is 0.255 e. The molecule has 2 aromatic rings. The first kappa shape index (κ1) is 19.8. The summed E-state index contributed by atoms with van der Waals surface area (Å²) in [7, 11) is -3.75. The Bertz CT molecular complexity index is 962. The van der Waals surface area contributed by atoms with Gasteiger partial charge in [0.05, 0.1) is 16.9 Å². The predicted molar refractivity (Wildman–Crippen MR) is 106 cm³/mol. The number of hydrogen-bond acceptors (Lipinski definition) is 4. The number of hydrogen-bond donors (Lipinski definition) is 1. The molecule has 2 heterocycles. The Balaban J connectivity index is 1.90. The van der Waals surface area contributed by atoms with Crippen molar-refractivity contribution in [1.29, 1.82) is 0 Å². The lowest BCUT2D eigenvalue weighted by Gasteiger charge is -2.30. The summed E-state index contributed by atoms with van der Waals surface area (Å²) in [6.45, 7) is 4.81. The lowest BCUT2D eigenvalue weighted by Crippen LogP contribution is -2.39. The normalized spacial score (nSPS) is 18.3. The minimum Gasteiger partial charge on any atom is -0.320 e. The molecule has 1 amide bonds. The van der Waals surface area contributed by atoms with E-state index in [1.807, 2.05) is 13.8 Å². The van der Waals surface area contributed by atoms with Crippen molar-refractivity contribution >= 4 is 33.2 Å². The first-order valence-electron chi connectivity index (χ1n) is 8.80. The molecule has 0 radical (unpaired) electrons. The Kier molecular flexibility index (Phi) is 5.83. The molecule has 1 aliphatic heterocycles. The van der Waals surface area contributed by atoms with Crippen LogP contribution in [0.4, 0.5) is 5.69 Å². The van der Waals surface area contributed by atoms with Gasteiger partial charge in [-0.15, -0.1) is 0 Å². The highest BCUT2D eigenvalue weighted by Crippen LogP contribution is 2.29. The number of anilines is 1. The number of nitrogens with one attached hydrogen (secondary N) is 1. The number of pyridine rings is 1. The van der Waals surface area contributed by atoms with Gasteiger partial charge in [-0.2, -0.15) is 4.31 Å². The van der Waals surface area contributed by atoms with Crippen LogP contribution >= 0.6 is 11.6 Å². The lowest BCUT2D eigenvalue weighted by molar-refractivity contribution is 0.102. The van der Waals surface area contributed by atoms with Gasteiger partial charge in [0.1, 0.15) is 4.90 Å². The Morgan fingerprint density at radius 2 is 2.11 bits per heavy atom. The summed E-state index contributed by atoms with van der Waals surface area (Å²) in [6.07, 6.45) is 5.01. The third-order valence-corrected chi connectivity index (χ3v) is 7.06. The molecular formula is C19H22ClN3O3S. The van der Waals surface area contributed by atoms with E-state index in [1.165, 1.54) is 22.5 Å². The van der Waals surface area contributed by atoms with Crippen LogP contribution in [0.1, 0.15) is 35.7 Å². The van der Waals surface area contributed by atoms with Crippen LogP contribution < -0.4 is 5.32 Å². The molecule has 0 aliphatic carbocycles. The van der Waals surface area contributed by atoms with Crippen molar-refractivity contribution in [3.63, 3.8) is 0 Å². The molecule has 0 bridgehead atoms. The van der Waals surface area contributed by atoms with Gasteiger partial charge in [0, 0.05) is 24.8 Å². The zero-order valence-electron chi connectivity index (χ0n) is 15.3. The van der Waals surface area contributed by atoms with Gasteiger partial charge in [-0.3, -0.25) is 9.78 Å². The number of sulfonamides is 1. The molecule has 8 heteroatoms. The molecule has 1 aromatic heterocycles. The van der Waals surface area contributed by atoms with Gasteiger partial charge in [0.25, 0.3) is 5.91 Å². The molecule has 0 saturated carbocycles. The molecule has 3 rings (SSSR count). The van der Waals surface area contributed by atoms with Crippen molar-refractivity contribution in [1.82, 2.24) is 9.29 Å². The van der Waals surface area contributed by atoms with Crippen molar-refractivity contribution in [2.45, 2.75) is 31.6 Å². The van der Waals surface area contributed by atoms with Crippen LogP contribution in [0, 0.1) is 12.8 Å². The van der Waals surface area contributed by atoms with Crippen molar-refractivity contribution in [2.75, 3.05) is 18.4 Å². The van der Waals surface area contributed by atoms with E-state index in [-0.39, 0.29) is 15.5 Å². The highest BCUT2D eigenvalue weighted by molar-refractivity contribution is 7.89. The average molecular weight is 408 g/mol. The molecule has 1 N–H and O–H groups in total. The number of aryl methyl sites for hydroxylation is 1. The van der Waals surface area contributed by atoms with Gasteiger partial charge in [0.2, 0.25) is 10.0 Å². The number of aromatic nitrogens is 1. The highest BCUT2D eigenvalue weighted by atomic mass is 35.5. The summed E-state index contributed by atoms with van der Waals surface area (Å²) in [5.41, 5.74) is 1.67. The molecule has 144 valence electrons. The Morgan fingerprint density at radius 3 is 2.81 bits per heavy atom. The van der Waals surface area contributed by atoms with Gasteiger partial charge < -0.3 is 5.32 Å². The average Bonchev–Trinajstić information content (AvgIpc) is 2.63. The van der Waals surface area contributed by atoms with Gasteiger partial charge in [-0.1, -0.05) is 18.5 Å². The molecule has 0 spiro atoms.